The number of aliphatic hydroxyl groups is 1. The Labute approximate surface area is 124 Å². The first kappa shape index (κ1) is 15.7. The van der Waals surface area contributed by atoms with Gasteiger partial charge in [-0.15, -0.1) is 0 Å². The summed E-state index contributed by atoms with van der Waals surface area (Å²) in [5.41, 5.74) is -0.199. The second-order valence-corrected chi connectivity index (χ2v) is 6.28. The van der Waals surface area contributed by atoms with Gasteiger partial charge in [-0.1, -0.05) is 24.6 Å². The third-order valence-corrected chi connectivity index (χ3v) is 4.95. The van der Waals surface area contributed by atoms with E-state index in [1.807, 2.05) is 0 Å². The van der Waals surface area contributed by atoms with E-state index in [-0.39, 0.29) is 12.2 Å². The van der Waals surface area contributed by atoms with Gasteiger partial charge in [-0.3, -0.25) is 0 Å². The first-order valence-electron chi connectivity index (χ1n) is 7.14. The quantitative estimate of drug-likeness (QED) is 0.911. The molecule has 1 N–H and O–H groups in total. The largest absolute Gasteiger partial charge is 0.390 e. The molecule has 4 heteroatoms. The first-order chi connectivity index (χ1) is 9.48. The summed E-state index contributed by atoms with van der Waals surface area (Å²) in [6, 6.07) is 4.59. The summed E-state index contributed by atoms with van der Waals surface area (Å²) < 4.78 is 19.5. The van der Waals surface area contributed by atoms with E-state index in [1.165, 1.54) is 6.07 Å². The van der Waals surface area contributed by atoms with Gasteiger partial charge in [-0.05, 0) is 43.7 Å². The summed E-state index contributed by atoms with van der Waals surface area (Å²) in [4.78, 5) is 0. The monoisotopic (exact) mass is 300 g/mol. The molecule has 1 unspecified atom stereocenters. The van der Waals surface area contributed by atoms with E-state index in [2.05, 4.69) is 6.92 Å². The molecule has 0 aliphatic heterocycles. The molecule has 2 rings (SSSR count). The number of halogens is 2. The molecule has 112 valence electrons. The second-order valence-electron chi connectivity index (χ2n) is 5.87. The van der Waals surface area contributed by atoms with E-state index >= 15 is 0 Å². The summed E-state index contributed by atoms with van der Waals surface area (Å²) in [6.45, 7) is 2.21. The second kappa shape index (κ2) is 6.42. The Hall–Kier alpha value is -0.640. The molecule has 0 aromatic heterocycles. The number of ether oxygens (including phenoxy) is 1. The van der Waals surface area contributed by atoms with E-state index in [0.29, 0.717) is 16.5 Å². The van der Waals surface area contributed by atoms with Crippen LogP contribution in [-0.2, 0) is 11.2 Å². The van der Waals surface area contributed by atoms with Crippen LogP contribution in [0.3, 0.4) is 0 Å². The van der Waals surface area contributed by atoms with Crippen LogP contribution in [0.5, 0.6) is 0 Å². The smallest absolute Gasteiger partial charge is 0.127 e. The van der Waals surface area contributed by atoms with Gasteiger partial charge in [0.05, 0.1) is 11.7 Å². The van der Waals surface area contributed by atoms with Crippen molar-refractivity contribution >= 4 is 11.6 Å². The van der Waals surface area contributed by atoms with E-state index in [9.17, 15) is 9.50 Å². The molecular weight excluding hydrogens is 279 g/mol. The maximum Gasteiger partial charge on any atom is 0.127 e. The summed E-state index contributed by atoms with van der Waals surface area (Å²) in [6.07, 6.45) is 3.10. The minimum atomic E-state index is -0.741. The standard InChI is InChI=1S/C16H22ClFO2/c1-11-6-8-16(20-2,9-7-11)15(19)10-12-13(17)4-3-5-14(12)18/h3-5,11,15,19H,6-10H2,1-2H3. The van der Waals surface area contributed by atoms with E-state index in [1.54, 1.807) is 19.2 Å². The topological polar surface area (TPSA) is 29.5 Å². The van der Waals surface area contributed by atoms with Gasteiger partial charge in [-0.2, -0.15) is 0 Å². The van der Waals surface area contributed by atoms with Crippen LogP contribution in [0.4, 0.5) is 4.39 Å². The number of hydrogen-bond acceptors (Lipinski definition) is 2. The highest BCUT2D eigenvalue weighted by Crippen LogP contribution is 2.38. The number of aliphatic hydroxyl groups excluding tert-OH is 1. The van der Waals surface area contributed by atoms with Crippen LogP contribution in [0.2, 0.25) is 5.02 Å². The molecule has 0 saturated heterocycles. The van der Waals surface area contributed by atoms with Crippen LogP contribution >= 0.6 is 11.6 Å². The van der Waals surface area contributed by atoms with Crippen molar-refractivity contribution in [2.75, 3.05) is 7.11 Å². The number of rotatable bonds is 4. The van der Waals surface area contributed by atoms with Crippen LogP contribution in [0.15, 0.2) is 18.2 Å². The van der Waals surface area contributed by atoms with E-state index in [0.717, 1.165) is 25.7 Å². The molecule has 0 heterocycles. The third-order valence-electron chi connectivity index (χ3n) is 4.59. The molecule has 0 radical (unpaired) electrons. The van der Waals surface area contributed by atoms with Gasteiger partial charge in [0.2, 0.25) is 0 Å². The van der Waals surface area contributed by atoms with Crippen LogP contribution in [0.25, 0.3) is 0 Å². The fraction of sp³-hybridized carbons (Fsp3) is 0.625. The Bertz CT molecular complexity index is 436. The molecule has 1 atom stereocenters. The highest BCUT2D eigenvalue weighted by Gasteiger charge is 2.41. The molecular formula is C16H22ClFO2. The van der Waals surface area contributed by atoms with Crippen molar-refractivity contribution in [2.24, 2.45) is 5.92 Å². The van der Waals surface area contributed by atoms with Crippen molar-refractivity contribution in [3.8, 4) is 0 Å². The van der Waals surface area contributed by atoms with Gasteiger partial charge < -0.3 is 9.84 Å². The lowest BCUT2D eigenvalue weighted by molar-refractivity contribution is -0.127. The predicted octanol–water partition coefficient (Wildman–Crippen LogP) is 3.98. The zero-order valence-corrected chi connectivity index (χ0v) is 12.8. The third kappa shape index (κ3) is 3.16. The minimum Gasteiger partial charge on any atom is -0.390 e. The lowest BCUT2D eigenvalue weighted by Gasteiger charge is -2.41. The average molecular weight is 301 g/mol. The Balaban J connectivity index is 2.15. The summed E-state index contributed by atoms with van der Waals surface area (Å²) in [5.74, 6) is 0.287. The van der Waals surface area contributed by atoms with Crippen LogP contribution < -0.4 is 0 Å². The summed E-state index contributed by atoms with van der Waals surface area (Å²) in [7, 11) is 1.63. The number of methoxy groups -OCH3 is 1. The number of benzene rings is 1. The molecule has 1 fully saturated rings. The van der Waals surface area contributed by atoms with Gasteiger partial charge in [0.1, 0.15) is 5.82 Å². The Kier molecular flexibility index (Phi) is 5.05. The minimum absolute atomic E-state index is 0.188. The zero-order chi connectivity index (χ0) is 14.8. The lowest BCUT2D eigenvalue weighted by atomic mass is 9.75. The predicted molar refractivity (Wildman–Crippen MR) is 78.5 cm³/mol. The van der Waals surface area contributed by atoms with Crippen LogP contribution in [-0.4, -0.2) is 23.9 Å². The Morgan fingerprint density at radius 2 is 2.10 bits per heavy atom. The van der Waals surface area contributed by atoms with Gasteiger partial charge in [0.15, 0.2) is 0 Å². The van der Waals surface area contributed by atoms with Gasteiger partial charge >= 0.3 is 0 Å². The van der Waals surface area contributed by atoms with E-state index < -0.39 is 11.7 Å². The number of hydrogen-bond donors (Lipinski definition) is 1. The van der Waals surface area contributed by atoms with Crippen LogP contribution in [0, 0.1) is 11.7 Å². The van der Waals surface area contributed by atoms with Crippen molar-refractivity contribution in [2.45, 2.75) is 50.7 Å². The molecule has 0 amide bonds. The van der Waals surface area contributed by atoms with Crippen molar-refractivity contribution in [3.63, 3.8) is 0 Å². The SMILES string of the molecule is COC1(C(O)Cc2c(F)cccc2Cl)CCC(C)CC1. The van der Waals surface area contributed by atoms with Gasteiger partial charge in [-0.25, -0.2) is 4.39 Å². The molecule has 2 nitrogen and oxygen atoms in total. The maximum absolute atomic E-state index is 13.8. The van der Waals surface area contributed by atoms with Crippen LogP contribution in [0.1, 0.15) is 38.2 Å². The molecule has 1 aromatic rings. The molecule has 1 aliphatic carbocycles. The fourth-order valence-corrected chi connectivity index (χ4v) is 3.27. The molecule has 0 spiro atoms. The average Bonchev–Trinajstić information content (AvgIpc) is 2.44. The summed E-state index contributed by atoms with van der Waals surface area (Å²) in [5, 5.41) is 10.9. The maximum atomic E-state index is 13.8. The lowest BCUT2D eigenvalue weighted by Crippen LogP contribution is -2.48. The van der Waals surface area contributed by atoms with E-state index in [4.69, 9.17) is 16.3 Å². The van der Waals surface area contributed by atoms with Crippen molar-refractivity contribution < 1.29 is 14.2 Å². The van der Waals surface area contributed by atoms with Gasteiger partial charge in [0.25, 0.3) is 0 Å². The molecule has 0 bridgehead atoms. The molecule has 1 saturated carbocycles. The highest BCUT2D eigenvalue weighted by atomic mass is 35.5. The fourth-order valence-electron chi connectivity index (χ4n) is 3.03. The van der Waals surface area contributed by atoms with Crippen molar-refractivity contribution in [1.82, 2.24) is 0 Å². The van der Waals surface area contributed by atoms with Gasteiger partial charge in [0, 0.05) is 24.1 Å². The first-order valence-corrected chi connectivity index (χ1v) is 7.52. The zero-order valence-electron chi connectivity index (χ0n) is 12.0. The van der Waals surface area contributed by atoms with Crippen molar-refractivity contribution in [3.05, 3.63) is 34.6 Å². The molecule has 1 aromatic carbocycles. The molecule has 1 aliphatic rings. The Morgan fingerprint density at radius 3 is 2.65 bits per heavy atom. The molecule has 20 heavy (non-hydrogen) atoms. The Morgan fingerprint density at radius 1 is 1.45 bits per heavy atom. The normalized spacial score (nSPS) is 28.4. The van der Waals surface area contributed by atoms with Crippen molar-refractivity contribution in [1.29, 1.82) is 0 Å². The summed E-state index contributed by atoms with van der Waals surface area (Å²) >= 11 is 6.03. The highest BCUT2D eigenvalue weighted by molar-refractivity contribution is 6.31.